The van der Waals surface area contributed by atoms with E-state index in [1.165, 1.54) is 5.56 Å². The van der Waals surface area contributed by atoms with Crippen molar-refractivity contribution in [2.75, 3.05) is 17.2 Å². The standard InChI is InChI=1S/C15H16N2OS/c1-10-8-19-9-13(10)15(18)17-6-2-3-11-7-12(16)4-5-14(11)17/h4-5,7-9H,2-3,6,16H2,1H3. The van der Waals surface area contributed by atoms with Crippen molar-refractivity contribution >= 4 is 28.6 Å². The Morgan fingerprint density at radius 1 is 1.37 bits per heavy atom. The maximum atomic E-state index is 12.6. The van der Waals surface area contributed by atoms with Crippen LogP contribution in [0.4, 0.5) is 11.4 Å². The fourth-order valence-corrected chi connectivity index (χ4v) is 3.37. The predicted octanol–water partition coefficient (Wildman–Crippen LogP) is 3.23. The van der Waals surface area contributed by atoms with E-state index in [2.05, 4.69) is 0 Å². The van der Waals surface area contributed by atoms with Gasteiger partial charge in [0.15, 0.2) is 0 Å². The number of fused-ring (bicyclic) bond motifs is 1. The van der Waals surface area contributed by atoms with Crippen molar-refractivity contribution in [3.63, 3.8) is 0 Å². The highest BCUT2D eigenvalue weighted by Gasteiger charge is 2.24. The summed E-state index contributed by atoms with van der Waals surface area (Å²) in [5, 5.41) is 3.95. The second-order valence-electron chi connectivity index (χ2n) is 4.92. The Hall–Kier alpha value is -1.81. The average molecular weight is 272 g/mol. The first-order valence-electron chi connectivity index (χ1n) is 6.40. The van der Waals surface area contributed by atoms with Gasteiger partial charge in [-0.1, -0.05) is 0 Å². The molecule has 0 bridgehead atoms. The second-order valence-corrected chi connectivity index (χ2v) is 5.66. The van der Waals surface area contributed by atoms with Gasteiger partial charge in [0.1, 0.15) is 0 Å². The lowest BCUT2D eigenvalue weighted by atomic mass is 10.00. The molecule has 3 nitrogen and oxygen atoms in total. The first-order valence-corrected chi connectivity index (χ1v) is 7.34. The molecule has 1 aliphatic rings. The van der Waals surface area contributed by atoms with Crippen LogP contribution in [0.2, 0.25) is 0 Å². The molecule has 0 atom stereocenters. The summed E-state index contributed by atoms with van der Waals surface area (Å²) in [6.07, 6.45) is 1.98. The van der Waals surface area contributed by atoms with Gasteiger partial charge in [-0.05, 0) is 54.5 Å². The average Bonchev–Trinajstić information content (AvgIpc) is 2.83. The molecule has 2 N–H and O–H groups in total. The predicted molar refractivity (Wildman–Crippen MR) is 79.9 cm³/mol. The van der Waals surface area contributed by atoms with Crippen molar-refractivity contribution in [1.29, 1.82) is 0 Å². The highest BCUT2D eigenvalue weighted by Crippen LogP contribution is 2.30. The zero-order chi connectivity index (χ0) is 13.4. The molecule has 0 aliphatic carbocycles. The molecule has 2 aromatic rings. The Morgan fingerprint density at radius 3 is 2.95 bits per heavy atom. The number of carbonyl (C=O) groups excluding carboxylic acids is 1. The first kappa shape index (κ1) is 12.2. The van der Waals surface area contributed by atoms with Crippen molar-refractivity contribution in [2.45, 2.75) is 19.8 Å². The molecule has 2 heterocycles. The van der Waals surface area contributed by atoms with E-state index in [0.29, 0.717) is 0 Å². The van der Waals surface area contributed by atoms with Gasteiger partial charge in [-0.25, -0.2) is 0 Å². The first-order chi connectivity index (χ1) is 9.16. The van der Waals surface area contributed by atoms with Crippen LogP contribution in [-0.2, 0) is 6.42 Å². The van der Waals surface area contributed by atoms with Gasteiger partial charge in [0.25, 0.3) is 5.91 Å². The van der Waals surface area contributed by atoms with Crippen LogP contribution >= 0.6 is 11.3 Å². The molecule has 0 fully saturated rings. The molecule has 4 heteroatoms. The van der Waals surface area contributed by atoms with Crippen molar-refractivity contribution in [3.8, 4) is 0 Å². The van der Waals surface area contributed by atoms with E-state index >= 15 is 0 Å². The molecule has 1 aliphatic heterocycles. The minimum Gasteiger partial charge on any atom is -0.399 e. The fraction of sp³-hybridized carbons (Fsp3) is 0.267. The van der Waals surface area contributed by atoms with Gasteiger partial charge in [-0.15, -0.1) is 0 Å². The van der Waals surface area contributed by atoms with Gasteiger partial charge >= 0.3 is 0 Å². The summed E-state index contributed by atoms with van der Waals surface area (Å²) < 4.78 is 0. The van der Waals surface area contributed by atoms with Crippen molar-refractivity contribution in [1.82, 2.24) is 0 Å². The number of benzene rings is 1. The van der Waals surface area contributed by atoms with Crippen molar-refractivity contribution in [3.05, 3.63) is 45.6 Å². The minimum atomic E-state index is 0.101. The lowest BCUT2D eigenvalue weighted by molar-refractivity contribution is 0.0985. The fourth-order valence-electron chi connectivity index (χ4n) is 2.55. The van der Waals surface area contributed by atoms with E-state index in [0.717, 1.165) is 41.9 Å². The van der Waals surface area contributed by atoms with Crippen LogP contribution in [0.1, 0.15) is 27.9 Å². The molecule has 3 rings (SSSR count). The second kappa shape index (κ2) is 4.70. The van der Waals surface area contributed by atoms with E-state index < -0.39 is 0 Å². The Labute approximate surface area is 116 Å². The molecule has 0 saturated carbocycles. The highest BCUT2D eigenvalue weighted by atomic mass is 32.1. The molecule has 0 unspecified atom stereocenters. The van der Waals surface area contributed by atoms with E-state index in [4.69, 9.17) is 5.73 Å². The highest BCUT2D eigenvalue weighted by molar-refractivity contribution is 7.08. The molecule has 98 valence electrons. The lowest BCUT2D eigenvalue weighted by Gasteiger charge is -2.29. The van der Waals surface area contributed by atoms with Gasteiger partial charge in [-0.3, -0.25) is 4.79 Å². The number of hydrogen-bond donors (Lipinski definition) is 1. The number of hydrogen-bond acceptors (Lipinski definition) is 3. The number of thiophene rings is 1. The maximum absolute atomic E-state index is 12.6. The summed E-state index contributed by atoms with van der Waals surface area (Å²) in [6.45, 7) is 2.77. The molecule has 0 saturated heterocycles. The minimum absolute atomic E-state index is 0.101. The summed E-state index contributed by atoms with van der Waals surface area (Å²) in [5.41, 5.74) is 10.6. The van der Waals surface area contributed by atoms with Gasteiger partial charge in [-0.2, -0.15) is 11.3 Å². The molecule has 19 heavy (non-hydrogen) atoms. The number of carbonyl (C=O) groups is 1. The van der Waals surface area contributed by atoms with Crippen LogP contribution in [0, 0.1) is 6.92 Å². The Bertz CT molecular complexity index is 633. The van der Waals surface area contributed by atoms with Crippen LogP contribution in [0.5, 0.6) is 0 Å². The number of rotatable bonds is 1. The zero-order valence-electron chi connectivity index (χ0n) is 10.8. The van der Waals surface area contributed by atoms with Crippen LogP contribution in [0.15, 0.2) is 29.0 Å². The van der Waals surface area contributed by atoms with Crippen LogP contribution in [-0.4, -0.2) is 12.5 Å². The normalized spacial score (nSPS) is 14.3. The number of nitrogens with zero attached hydrogens (tertiary/aromatic N) is 1. The quantitative estimate of drug-likeness (QED) is 0.810. The maximum Gasteiger partial charge on any atom is 0.259 e. The molecular formula is C15H16N2OS. The topological polar surface area (TPSA) is 46.3 Å². The monoisotopic (exact) mass is 272 g/mol. The number of nitrogens with two attached hydrogens (primary N) is 1. The van der Waals surface area contributed by atoms with E-state index in [9.17, 15) is 4.79 Å². The Kier molecular flexibility index (Phi) is 3.03. The molecule has 1 amide bonds. The summed E-state index contributed by atoms with van der Waals surface area (Å²) in [5.74, 6) is 0.101. The lowest BCUT2D eigenvalue weighted by Crippen LogP contribution is -2.35. The van der Waals surface area contributed by atoms with Gasteiger partial charge in [0.05, 0.1) is 5.56 Å². The zero-order valence-corrected chi connectivity index (χ0v) is 11.7. The van der Waals surface area contributed by atoms with Crippen molar-refractivity contribution in [2.24, 2.45) is 0 Å². The summed E-state index contributed by atoms with van der Waals surface area (Å²) >= 11 is 1.57. The molecule has 0 spiro atoms. The smallest absolute Gasteiger partial charge is 0.259 e. The van der Waals surface area contributed by atoms with Gasteiger partial charge < -0.3 is 10.6 Å². The Balaban J connectivity index is 2.00. The van der Waals surface area contributed by atoms with Gasteiger partial charge in [0, 0.05) is 23.3 Å². The van der Waals surface area contributed by atoms with E-state index in [1.54, 1.807) is 11.3 Å². The molecular weight excluding hydrogens is 256 g/mol. The number of aryl methyl sites for hydroxylation is 2. The van der Waals surface area contributed by atoms with Crippen molar-refractivity contribution < 1.29 is 4.79 Å². The van der Waals surface area contributed by atoms with E-state index in [1.807, 2.05) is 40.8 Å². The van der Waals surface area contributed by atoms with Gasteiger partial charge in [0.2, 0.25) is 0 Å². The third-order valence-corrected chi connectivity index (χ3v) is 4.41. The van der Waals surface area contributed by atoms with Crippen LogP contribution in [0.25, 0.3) is 0 Å². The molecule has 1 aromatic heterocycles. The SMILES string of the molecule is Cc1cscc1C(=O)N1CCCc2cc(N)ccc21. The summed E-state index contributed by atoms with van der Waals surface area (Å²) in [4.78, 5) is 14.5. The summed E-state index contributed by atoms with van der Waals surface area (Å²) in [7, 11) is 0. The van der Waals surface area contributed by atoms with Crippen LogP contribution in [0.3, 0.4) is 0 Å². The number of anilines is 2. The van der Waals surface area contributed by atoms with Crippen LogP contribution < -0.4 is 10.6 Å². The van der Waals surface area contributed by atoms with E-state index in [-0.39, 0.29) is 5.91 Å². The summed E-state index contributed by atoms with van der Waals surface area (Å²) in [6, 6.07) is 5.81. The third-order valence-electron chi connectivity index (χ3n) is 3.55. The third kappa shape index (κ3) is 2.12. The number of amides is 1. The largest absolute Gasteiger partial charge is 0.399 e. The molecule has 1 aromatic carbocycles. The number of nitrogen functional groups attached to an aromatic ring is 1. The Morgan fingerprint density at radius 2 is 2.21 bits per heavy atom. The molecule has 0 radical (unpaired) electrons.